The Hall–Kier alpha value is -1.66. The molecule has 1 aromatic heterocycles. The normalized spacial score (nSPS) is 10.3. The Morgan fingerprint density at radius 1 is 1.53 bits per heavy atom. The minimum atomic E-state index is -0.392. The average Bonchev–Trinajstić information content (AvgIpc) is 2.75. The number of halogens is 2. The highest BCUT2D eigenvalue weighted by atomic mass is 35.5. The Morgan fingerprint density at radius 3 is 2.95 bits per heavy atom. The standard InChI is InChI=1S/C12H11ClFN3OS/c1-7(18)17-8-2-3-9(14)10(4-8)15-6-12-16-5-11(13)19-12/h2-5,15H,6H2,1H3,(H,17,18). The Labute approximate surface area is 118 Å². The molecular formula is C12H11ClFN3OS. The molecule has 100 valence electrons. The average molecular weight is 300 g/mol. The highest BCUT2D eigenvalue weighted by molar-refractivity contribution is 7.15. The predicted octanol–water partition coefficient (Wildman–Crippen LogP) is 3.51. The van der Waals surface area contributed by atoms with Gasteiger partial charge in [-0.25, -0.2) is 9.37 Å². The fourth-order valence-corrected chi connectivity index (χ4v) is 2.38. The minimum Gasteiger partial charge on any atom is -0.376 e. The van der Waals surface area contributed by atoms with Gasteiger partial charge < -0.3 is 10.6 Å². The summed E-state index contributed by atoms with van der Waals surface area (Å²) in [4.78, 5) is 15.0. The molecule has 2 N–H and O–H groups in total. The molecular weight excluding hydrogens is 289 g/mol. The Bertz CT molecular complexity index is 602. The van der Waals surface area contributed by atoms with Crippen molar-refractivity contribution in [3.8, 4) is 0 Å². The number of aromatic nitrogens is 1. The van der Waals surface area contributed by atoms with E-state index in [2.05, 4.69) is 15.6 Å². The lowest BCUT2D eigenvalue weighted by Gasteiger charge is -2.08. The first-order chi connectivity index (χ1) is 9.04. The molecule has 0 unspecified atom stereocenters. The first-order valence-corrected chi connectivity index (χ1v) is 6.65. The maximum absolute atomic E-state index is 13.6. The molecule has 0 fully saturated rings. The molecule has 7 heteroatoms. The molecule has 0 aliphatic carbocycles. The van der Waals surface area contributed by atoms with E-state index in [0.29, 0.717) is 22.3 Å². The summed E-state index contributed by atoms with van der Waals surface area (Å²) in [5, 5.41) is 6.27. The van der Waals surface area contributed by atoms with Gasteiger partial charge in [-0.15, -0.1) is 11.3 Å². The van der Waals surface area contributed by atoms with Crippen LogP contribution in [-0.4, -0.2) is 10.9 Å². The Balaban J connectivity index is 2.08. The third-order valence-corrected chi connectivity index (χ3v) is 3.36. The zero-order chi connectivity index (χ0) is 13.8. The number of hydrogen-bond acceptors (Lipinski definition) is 4. The van der Waals surface area contributed by atoms with E-state index in [-0.39, 0.29) is 5.91 Å². The van der Waals surface area contributed by atoms with Crippen LogP contribution in [0.25, 0.3) is 0 Å². The second kappa shape index (κ2) is 5.99. The number of nitrogens with one attached hydrogen (secondary N) is 2. The van der Waals surface area contributed by atoms with Crippen molar-refractivity contribution in [3.05, 3.63) is 39.6 Å². The van der Waals surface area contributed by atoms with E-state index >= 15 is 0 Å². The van der Waals surface area contributed by atoms with Crippen LogP contribution in [0, 0.1) is 5.82 Å². The number of hydrogen-bond donors (Lipinski definition) is 2. The number of amides is 1. The zero-order valence-corrected chi connectivity index (χ0v) is 11.6. The van der Waals surface area contributed by atoms with Crippen LogP contribution < -0.4 is 10.6 Å². The van der Waals surface area contributed by atoms with Gasteiger partial charge in [0.2, 0.25) is 5.91 Å². The summed E-state index contributed by atoms with van der Waals surface area (Å²) in [5.41, 5.74) is 0.839. The van der Waals surface area contributed by atoms with E-state index < -0.39 is 5.82 Å². The van der Waals surface area contributed by atoms with Gasteiger partial charge in [0.05, 0.1) is 18.4 Å². The van der Waals surface area contributed by atoms with Gasteiger partial charge in [-0.05, 0) is 18.2 Å². The van der Waals surface area contributed by atoms with Crippen LogP contribution >= 0.6 is 22.9 Å². The molecule has 2 rings (SSSR count). The van der Waals surface area contributed by atoms with Crippen molar-refractivity contribution < 1.29 is 9.18 Å². The summed E-state index contributed by atoms with van der Waals surface area (Å²) in [6, 6.07) is 4.33. The van der Waals surface area contributed by atoms with Crippen LogP contribution in [0.15, 0.2) is 24.4 Å². The maximum Gasteiger partial charge on any atom is 0.221 e. The number of carbonyl (C=O) groups is 1. The summed E-state index contributed by atoms with van der Waals surface area (Å²) < 4.78 is 14.2. The SMILES string of the molecule is CC(=O)Nc1ccc(F)c(NCc2ncc(Cl)s2)c1. The molecule has 0 saturated carbocycles. The zero-order valence-electron chi connectivity index (χ0n) is 10.0. The smallest absolute Gasteiger partial charge is 0.221 e. The molecule has 1 aromatic carbocycles. The fourth-order valence-electron chi connectivity index (χ4n) is 1.48. The fraction of sp³-hybridized carbons (Fsp3) is 0.167. The minimum absolute atomic E-state index is 0.204. The lowest BCUT2D eigenvalue weighted by Crippen LogP contribution is -2.07. The van der Waals surface area contributed by atoms with Crippen molar-refractivity contribution in [3.63, 3.8) is 0 Å². The molecule has 1 heterocycles. The van der Waals surface area contributed by atoms with Crippen LogP contribution in [0.4, 0.5) is 15.8 Å². The molecule has 0 aliphatic heterocycles. The predicted molar refractivity (Wildman–Crippen MR) is 75.2 cm³/mol. The third kappa shape index (κ3) is 3.90. The van der Waals surface area contributed by atoms with E-state index in [0.717, 1.165) is 5.01 Å². The molecule has 19 heavy (non-hydrogen) atoms. The van der Waals surface area contributed by atoms with E-state index in [4.69, 9.17) is 11.6 Å². The molecule has 0 saturated heterocycles. The van der Waals surface area contributed by atoms with Crippen LogP contribution in [-0.2, 0) is 11.3 Å². The lowest BCUT2D eigenvalue weighted by atomic mass is 10.2. The van der Waals surface area contributed by atoms with Crippen molar-refractivity contribution in [2.75, 3.05) is 10.6 Å². The highest BCUT2D eigenvalue weighted by Crippen LogP contribution is 2.22. The second-order valence-corrected chi connectivity index (χ2v) is 5.53. The van der Waals surface area contributed by atoms with Crippen LogP contribution in [0.2, 0.25) is 4.34 Å². The van der Waals surface area contributed by atoms with Gasteiger partial charge in [-0.1, -0.05) is 11.6 Å². The lowest BCUT2D eigenvalue weighted by molar-refractivity contribution is -0.114. The molecule has 0 bridgehead atoms. The largest absolute Gasteiger partial charge is 0.376 e. The van der Waals surface area contributed by atoms with Crippen molar-refractivity contribution in [2.45, 2.75) is 13.5 Å². The first kappa shape index (κ1) is 13.8. The summed E-state index contributed by atoms with van der Waals surface area (Å²) in [7, 11) is 0. The van der Waals surface area contributed by atoms with Gasteiger partial charge >= 0.3 is 0 Å². The Morgan fingerprint density at radius 2 is 2.32 bits per heavy atom. The molecule has 0 atom stereocenters. The molecule has 1 amide bonds. The number of benzene rings is 1. The molecule has 0 aliphatic rings. The summed E-state index contributed by atoms with van der Waals surface area (Å²) >= 11 is 7.09. The molecule has 0 radical (unpaired) electrons. The van der Waals surface area contributed by atoms with Gasteiger partial charge in [-0.2, -0.15) is 0 Å². The first-order valence-electron chi connectivity index (χ1n) is 5.46. The van der Waals surface area contributed by atoms with Crippen molar-refractivity contribution in [1.29, 1.82) is 0 Å². The van der Waals surface area contributed by atoms with Gasteiger partial charge in [0.15, 0.2) is 0 Å². The van der Waals surface area contributed by atoms with Crippen LogP contribution in [0.3, 0.4) is 0 Å². The molecule has 2 aromatic rings. The summed E-state index contributed by atoms with van der Waals surface area (Å²) in [5.74, 6) is -0.596. The van der Waals surface area contributed by atoms with Crippen LogP contribution in [0.1, 0.15) is 11.9 Å². The Kier molecular flexibility index (Phi) is 4.34. The van der Waals surface area contributed by atoms with Gasteiger partial charge in [-0.3, -0.25) is 4.79 Å². The monoisotopic (exact) mass is 299 g/mol. The number of carbonyl (C=O) groups excluding carboxylic acids is 1. The van der Waals surface area contributed by atoms with Crippen molar-refractivity contribution >= 4 is 40.2 Å². The summed E-state index contributed by atoms with van der Waals surface area (Å²) in [6.45, 7) is 1.77. The maximum atomic E-state index is 13.6. The second-order valence-electron chi connectivity index (χ2n) is 3.79. The van der Waals surface area contributed by atoms with Gasteiger partial charge in [0, 0.05) is 12.6 Å². The van der Waals surface area contributed by atoms with Gasteiger partial charge in [0.1, 0.15) is 15.2 Å². The third-order valence-electron chi connectivity index (χ3n) is 2.24. The molecule has 4 nitrogen and oxygen atoms in total. The summed E-state index contributed by atoms with van der Waals surface area (Å²) in [6.07, 6.45) is 1.55. The number of rotatable bonds is 4. The van der Waals surface area contributed by atoms with Crippen LogP contribution in [0.5, 0.6) is 0 Å². The van der Waals surface area contributed by atoms with E-state index in [9.17, 15) is 9.18 Å². The quantitative estimate of drug-likeness (QED) is 0.908. The number of nitrogens with zero attached hydrogens (tertiary/aromatic N) is 1. The number of thiazole rings is 1. The van der Waals surface area contributed by atoms with E-state index in [1.54, 1.807) is 6.20 Å². The van der Waals surface area contributed by atoms with Gasteiger partial charge in [0.25, 0.3) is 0 Å². The molecule has 0 spiro atoms. The highest BCUT2D eigenvalue weighted by Gasteiger charge is 2.06. The number of anilines is 2. The topological polar surface area (TPSA) is 54.0 Å². The van der Waals surface area contributed by atoms with E-state index in [1.165, 1.54) is 36.5 Å². The van der Waals surface area contributed by atoms with Crippen molar-refractivity contribution in [2.24, 2.45) is 0 Å². The van der Waals surface area contributed by atoms with Crippen molar-refractivity contribution in [1.82, 2.24) is 4.98 Å². The van der Waals surface area contributed by atoms with E-state index in [1.807, 2.05) is 0 Å².